The topological polar surface area (TPSA) is 49.4 Å². The van der Waals surface area contributed by atoms with Gasteiger partial charge in [0.15, 0.2) is 0 Å². The number of nitrogens with one attached hydrogen (secondary N) is 1. The van der Waals surface area contributed by atoms with Crippen LogP contribution in [0.2, 0.25) is 0 Å². The molecule has 0 bridgehead atoms. The Bertz CT molecular complexity index is 522. The van der Waals surface area contributed by atoms with Gasteiger partial charge >= 0.3 is 6.03 Å². The van der Waals surface area contributed by atoms with E-state index in [-0.39, 0.29) is 11.9 Å². The van der Waals surface area contributed by atoms with Gasteiger partial charge in [-0.1, -0.05) is 45.0 Å². The number of imide groups is 1. The molecule has 1 saturated heterocycles. The van der Waals surface area contributed by atoms with Crippen LogP contribution in [0, 0.1) is 0 Å². The van der Waals surface area contributed by atoms with Gasteiger partial charge < -0.3 is 5.32 Å². The predicted octanol–water partition coefficient (Wildman–Crippen LogP) is 2.99. The second-order valence-corrected chi connectivity index (χ2v) is 5.79. The van der Waals surface area contributed by atoms with Crippen LogP contribution in [0.15, 0.2) is 24.3 Å². The third-order valence-electron chi connectivity index (χ3n) is 3.88. The molecule has 0 aromatic heterocycles. The Labute approximate surface area is 120 Å². The summed E-state index contributed by atoms with van der Waals surface area (Å²) in [6, 6.07) is 7.61. The van der Waals surface area contributed by atoms with E-state index in [4.69, 9.17) is 0 Å². The van der Waals surface area contributed by atoms with Crippen molar-refractivity contribution >= 4 is 11.9 Å². The Kier molecular flexibility index (Phi) is 3.84. The Morgan fingerprint density at radius 1 is 1.20 bits per heavy atom. The fraction of sp³-hybridized carbons (Fsp3) is 0.500. The first-order chi connectivity index (χ1) is 9.40. The zero-order chi connectivity index (χ0) is 14.9. The van der Waals surface area contributed by atoms with Crippen LogP contribution in [0.25, 0.3) is 0 Å². The first kappa shape index (κ1) is 14.6. The van der Waals surface area contributed by atoms with Gasteiger partial charge in [-0.15, -0.1) is 0 Å². The molecule has 0 saturated carbocycles. The molecule has 1 aliphatic rings. The molecule has 108 valence electrons. The van der Waals surface area contributed by atoms with Gasteiger partial charge in [-0.2, -0.15) is 0 Å². The Morgan fingerprint density at radius 3 is 2.30 bits per heavy atom. The van der Waals surface area contributed by atoms with E-state index in [9.17, 15) is 9.59 Å². The van der Waals surface area contributed by atoms with Crippen LogP contribution >= 0.6 is 0 Å². The molecular weight excluding hydrogens is 252 g/mol. The van der Waals surface area contributed by atoms with Crippen molar-refractivity contribution < 1.29 is 9.59 Å². The monoisotopic (exact) mass is 274 g/mol. The summed E-state index contributed by atoms with van der Waals surface area (Å²) in [6.07, 6.45) is 0.765. The van der Waals surface area contributed by atoms with E-state index >= 15 is 0 Å². The van der Waals surface area contributed by atoms with Crippen molar-refractivity contribution in [3.05, 3.63) is 35.4 Å². The summed E-state index contributed by atoms with van der Waals surface area (Å²) >= 11 is 0. The molecule has 1 aromatic carbocycles. The van der Waals surface area contributed by atoms with Crippen molar-refractivity contribution in [2.24, 2.45) is 0 Å². The summed E-state index contributed by atoms with van der Waals surface area (Å²) in [7, 11) is 0. The fourth-order valence-corrected chi connectivity index (χ4v) is 2.52. The van der Waals surface area contributed by atoms with Gasteiger partial charge in [0.1, 0.15) is 5.54 Å². The van der Waals surface area contributed by atoms with Crippen molar-refractivity contribution in [1.82, 2.24) is 10.2 Å². The molecule has 1 N–H and O–H groups in total. The zero-order valence-electron chi connectivity index (χ0n) is 12.6. The maximum atomic E-state index is 12.5. The Balaban J connectivity index is 2.31. The molecule has 20 heavy (non-hydrogen) atoms. The molecule has 1 heterocycles. The summed E-state index contributed by atoms with van der Waals surface area (Å²) in [5.74, 6) is 0.281. The molecule has 2 rings (SSSR count). The highest BCUT2D eigenvalue weighted by atomic mass is 16.2. The van der Waals surface area contributed by atoms with Crippen LogP contribution in [-0.4, -0.2) is 23.4 Å². The summed E-state index contributed by atoms with van der Waals surface area (Å²) in [6.45, 7) is 8.44. The van der Waals surface area contributed by atoms with Gasteiger partial charge in [-0.25, -0.2) is 4.79 Å². The largest absolute Gasteiger partial charge is 0.325 e. The minimum Gasteiger partial charge on any atom is -0.319 e. The van der Waals surface area contributed by atoms with Gasteiger partial charge in [0.25, 0.3) is 5.91 Å². The predicted molar refractivity (Wildman–Crippen MR) is 78.4 cm³/mol. The highest BCUT2D eigenvalue weighted by molar-refractivity contribution is 6.07. The standard InChI is InChI=1S/C16H22N2O2/c1-5-10-18-14(19)16(4,17-15(18)20)13-8-6-12(7-9-13)11(2)3/h6-9,11H,5,10H2,1-4H3,(H,17,20)/t16-/m0/s1. The van der Waals surface area contributed by atoms with E-state index < -0.39 is 5.54 Å². The summed E-state index contributed by atoms with van der Waals surface area (Å²) in [5, 5.41) is 2.82. The molecule has 4 heteroatoms. The molecule has 4 nitrogen and oxygen atoms in total. The van der Waals surface area contributed by atoms with Crippen molar-refractivity contribution in [2.75, 3.05) is 6.54 Å². The van der Waals surface area contributed by atoms with Crippen LogP contribution in [0.3, 0.4) is 0 Å². The SMILES string of the molecule is CCCN1C(=O)N[C@@](C)(c2ccc(C(C)C)cc2)C1=O. The molecule has 1 atom stereocenters. The number of hydrogen-bond acceptors (Lipinski definition) is 2. The summed E-state index contributed by atoms with van der Waals surface area (Å²) in [5.41, 5.74) is 1.11. The van der Waals surface area contributed by atoms with Crippen molar-refractivity contribution in [1.29, 1.82) is 0 Å². The van der Waals surface area contributed by atoms with Crippen LogP contribution in [0.5, 0.6) is 0 Å². The molecule has 0 aliphatic carbocycles. The second-order valence-electron chi connectivity index (χ2n) is 5.79. The van der Waals surface area contributed by atoms with Gasteiger partial charge in [0, 0.05) is 6.54 Å². The highest BCUT2D eigenvalue weighted by Crippen LogP contribution is 2.29. The Hall–Kier alpha value is -1.84. The average Bonchev–Trinajstić information content (AvgIpc) is 2.64. The number of amides is 3. The number of nitrogens with zero attached hydrogens (tertiary/aromatic N) is 1. The maximum absolute atomic E-state index is 12.5. The van der Waals surface area contributed by atoms with Gasteiger partial charge in [0.2, 0.25) is 0 Å². The van der Waals surface area contributed by atoms with Gasteiger partial charge in [-0.3, -0.25) is 9.69 Å². The van der Waals surface area contributed by atoms with E-state index in [1.165, 1.54) is 10.5 Å². The number of hydrogen-bond donors (Lipinski definition) is 1. The lowest BCUT2D eigenvalue weighted by Gasteiger charge is -2.22. The molecular formula is C16H22N2O2. The first-order valence-corrected chi connectivity index (χ1v) is 7.14. The van der Waals surface area contributed by atoms with E-state index in [1.807, 2.05) is 31.2 Å². The number of urea groups is 1. The molecule has 0 radical (unpaired) electrons. The van der Waals surface area contributed by atoms with Crippen molar-refractivity contribution in [2.45, 2.75) is 45.6 Å². The number of carbonyl (C=O) groups excluding carboxylic acids is 2. The van der Waals surface area contributed by atoms with Crippen LogP contribution in [-0.2, 0) is 10.3 Å². The number of rotatable bonds is 4. The van der Waals surface area contributed by atoms with Crippen LogP contribution in [0.4, 0.5) is 4.79 Å². The van der Waals surface area contributed by atoms with E-state index in [1.54, 1.807) is 6.92 Å². The Morgan fingerprint density at radius 2 is 1.80 bits per heavy atom. The van der Waals surface area contributed by atoms with Gasteiger partial charge in [-0.05, 0) is 30.4 Å². The molecule has 0 spiro atoms. The van der Waals surface area contributed by atoms with E-state index in [0.29, 0.717) is 12.5 Å². The van der Waals surface area contributed by atoms with Crippen molar-refractivity contribution in [3.8, 4) is 0 Å². The average molecular weight is 274 g/mol. The molecule has 3 amide bonds. The lowest BCUT2D eigenvalue weighted by molar-refractivity contribution is -0.131. The quantitative estimate of drug-likeness (QED) is 0.858. The lowest BCUT2D eigenvalue weighted by Crippen LogP contribution is -2.41. The molecule has 1 aliphatic heterocycles. The number of benzene rings is 1. The smallest absolute Gasteiger partial charge is 0.319 e. The van der Waals surface area contributed by atoms with Crippen LogP contribution < -0.4 is 5.32 Å². The van der Waals surface area contributed by atoms with Gasteiger partial charge in [0.05, 0.1) is 0 Å². The lowest BCUT2D eigenvalue weighted by atomic mass is 9.90. The minimum atomic E-state index is -0.943. The number of carbonyl (C=O) groups is 2. The van der Waals surface area contributed by atoms with Crippen LogP contribution in [0.1, 0.15) is 51.2 Å². The minimum absolute atomic E-state index is 0.165. The van der Waals surface area contributed by atoms with E-state index in [2.05, 4.69) is 19.2 Å². The third-order valence-corrected chi connectivity index (χ3v) is 3.88. The summed E-state index contributed by atoms with van der Waals surface area (Å²) in [4.78, 5) is 25.7. The second kappa shape index (κ2) is 5.27. The molecule has 0 unspecified atom stereocenters. The highest BCUT2D eigenvalue weighted by Gasteiger charge is 2.48. The van der Waals surface area contributed by atoms with E-state index in [0.717, 1.165) is 12.0 Å². The first-order valence-electron chi connectivity index (χ1n) is 7.14. The zero-order valence-corrected chi connectivity index (χ0v) is 12.6. The molecule has 1 aromatic rings. The summed E-state index contributed by atoms with van der Waals surface area (Å²) < 4.78 is 0. The van der Waals surface area contributed by atoms with Crippen molar-refractivity contribution in [3.63, 3.8) is 0 Å². The maximum Gasteiger partial charge on any atom is 0.325 e. The fourth-order valence-electron chi connectivity index (χ4n) is 2.52. The third kappa shape index (κ3) is 2.30. The molecule has 1 fully saturated rings. The normalized spacial score (nSPS) is 22.6.